The normalized spacial score (nSPS) is 16.2. The fourth-order valence-electron chi connectivity index (χ4n) is 3.11. The van der Waals surface area contributed by atoms with Gasteiger partial charge in [-0.25, -0.2) is 9.78 Å². The van der Waals surface area contributed by atoms with Crippen LogP contribution in [0.3, 0.4) is 0 Å². The predicted octanol–water partition coefficient (Wildman–Crippen LogP) is 2.32. The molecule has 2 aromatic rings. The highest BCUT2D eigenvalue weighted by Gasteiger charge is 2.25. The SMILES string of the molecule is CC[C@@H](NC(=O)N1CCCN(C(=O)c2ccoc2)CC1)c1ncc(C)[nH]1. The molecule has 0 unspecified atom stereocenters. The van der Waals surface area contributed by atoms with Gasteiger partial charge in [0.2, 0.25) is 0 Å². The van der Waals surface area contributed by atoms with Crippen molar-refractivity contribution in [3.63, 3.8) is 0 Å². The molecule has 3 heterocycles. The van der Waals surface area contributed by atoms with E-state index in [9.17, 15) is 9.59 Å². The number of urea groups is 1. The Morgan fingerprint density at radius 1 is 1.31 bits per heavy atom. The number of aromatic amines is 1. The van der Waals surface area contributed by atoms with Crippen molar-refractivity contribution in [1.29, 1.82) is 0 Å². The van der Waals surface area contributed by atoms with E-state index in [2.05, 4.69) is 15.3 Å². The lowest BCUT2D eigenvalue weighted by molar-refractivity contribution is 0.0761. The van der Waals surface area contributed by atoms with Crippen molar-refractivity contribution in [2.75, 3.05) is 26.2 Å². The smallest absolute Gasteiger partial charge is 0.318 e. The minimum absolute atomic E-state index is 0.0569. The molecule has 0 spiro atoms. The molecule has 1 atom stereocenters. The standard InChI is InChI=1S/C18H25N5O3/c1-3-15(16-19-11-13(2)20-16)21-18(25)23-7-4-6-22(8-9-23)17(24)14-5-10-26-12-14/h5,10-12,15H,3-4,6-9H2,1-2H3,(H,19,20)(H,21,25)/t15-/m1/s1. The third kappa shape index (κ3) is 4.07. The number of furan rings is 1. The Morgan fingerprint density at radius 2 is 2.08 bits per heavy atom. The molecule has 0 saturated carbocycles. The maximum atomic E-state index is 12.7. The van der Waals surface area contributed by atoms with E-state index in [1.54, 1.807) is 22.1 Å². The third-order valence-electron chi connectivity index (χ3n) is 4.60. The second-order valence-corrected chi connectivity index (χ2v) is 6.51. The van der Waals surface area contributed by atoms with Gasteiger partial charge in [0.05, 0.1) is 17.9 Å². The van der Waals surface area contributed by atoms with E-state index < -0.39 is 0 Å². The molecule has 1 aliphatic heterocycles. The van der Waals surface area contributed by atoms with E-state index in [1.165, 1.54) is 12.5 Å². The van der Waals surface area contributed by atoms with Gasteiger partial charge in [0.15, 0.2) is 0 Å². The van der Waals surface area contributed by atoms with Crippen molar-refractivity contribution < 1.29 is 14.0 Å². The molecule has 0 aromatic carbocycles. The highest BCUT2D eigenvalue weighted by atomic mass is 16.3. The number of aryl methyl sites for hydroxylation is 1. The van der Waals surface area contributed by atoms with Gasteiger partial charge in [-0.2, -0.15) is 0 Å². The topological polar surface area (TPSA) is 94.5 Å². The van der Waals surface area contributed by atoms with Gasteiger partial charge in [-0.15, -0.1) is 0 Å². The number of hydrogen-bond donors (Lipinski definition) is 2. The number of nitrogens with zero attached hydrogens (tertiary/aromatic N) is 3. The Balaban J connectivity index is 1.58. The van der Waals surface area contributed by atoms with Crippen LogP contribution in [-0.4, -0.2) is 57.9 Å². The number of hydrogen-bond acceptors (Lipinski definition) is 4. The number of imidazole rings is 1. The van der Waals surface area contributed by atoms with Crippen molar-refractivity contribution in [1.82, 2.24) is 25.1 Å². The highest BCUT2D eigenvalue weighted by molar-refractivity contribution is 5.93. The number of carbonyl (C=O) groups excluding carboxylic acids is 2. The quantitative estimate of drug-likeness (QED) is 0.876. The lowest BCUT2D eigenvalue weighted by Gasteiger charge is -2.24. The zero-order valence-corrected chi connectivity index (χ0v) is 15.2. The maximum Gasteiger partial charge on any atom is 0.318 e. The summed E-state index contributed by atoms with van der Waals surface area (Å²) in [5.74, 6) is 0.712. The number of H-pyrrole nitrogens is 1. The van der Waals surface area contributed by atoms with Gasteiger partial charge >= 0.3 is 6.03 Å². The average molecular weight is 359 g/mol. The fraction of sp³-hybridized carbons (Fsp3) is 0.500. The van der Waals surface area contributed by atoms with Crippen LogP contribution in [0.2, 0.25) is 0 Å². The second-order valence-electron chi connectivity index (χ2n) is 6.51. The minimum atomic E-state index is -0.150. The van der Waals surface area contributed by atoms with Gasteiger partial charge in [-0.05, 0) is 25.8 Å². The maximum absolute atomic E-state index is 12.7. The van der Waals surface area contributed by atoms with Gasteiger partial charge in [0, 0.05) is 38.1 Å². The first-order chi connectivity index (χ1) is 12.6. The van der Waals surface area contributed by atoms with E-state index in [4.69, 9.17) is 4.42 Å². The summed E-state index contributed by atoms with van der Waals surface area (Å²) in [5, 5.41) is 3.04. The Labute approximate surface area is 152 Å². The molecule has 3 amide bonds. The second kappa shape index (κ2) is 8.07. The first kappa shape index (κ1) is 18.0. The Kier molecular flexibility index (Phi) is 5.60. The van der Waals surface area contributed by atoms with Crippen LogP contribution in [0.15, 0.2) is 29.2 Å². The Morgan fingerprint density at radius 3 is 2.73 bits per heavy atom. The summed E-state index contributed by atoms with van der Waals surface area (Å²) in [4.78, 5) is 36.1. The summed E-state index contributed by atoms with van der Waals surface area (Å²) < 4.78 is 4.99. The van der Waals surface area contributed by atoms with E-state index in [1.807, 2.05) is 13.8 Å². The number of amides is 3. The molecule has 8 heteroatoms. The van der Waals surface area contributed by atoms with Crippen molar-refractivity contribution in [2.24, 2.45) is 0 Å². The molecule has 0 bridgehead atoms. The molecular formula is C18H25N5O3. The van der Waals surface area contributed by atoms with Gasteiger partial charge in [-0.1, -0.05) is 6.92 Å². The van der Waals surface area contributed by atoms with Gasteiger partial charge in [0.1, 0.15) is 12.1 Å². The number of carbonyl (C=O) groups is 2. The van der Waals surface area contributed by atoms with E-state index in [-0.39, 0.29) is 18.0 Å². The largest absolute Gasteiger partial charge is 0.472 e. The van der Waals surface area contributed by atoms with Gasteiger partial charge in [0.25, 0.3) is 5.91 Å². The summed E-state index contributed by atoms with van der Waals surface area (Å²) in [5.41, 5.74) is 1.51. The molecule has 1 saturated heterocycles. The van der Waals surface area contributed by atoms with Crippen molar-refractivity contribution >= 4 is 11.9 Å². The van der Waals surface area contributed by atoms with Crippen LogP contribution in [0.25, 0.3) is 0 Å². The predicted molar refractivity (Wildman–Crippen MR) is 95.7 cm³/mol. The zero-order valence-electron chi connectivity index (χ0n) is 15.2. The highest BCUT2D eigenvalue weighted by Crippen LogP contribution is 2.15. The lowest BCUT2D eigenvalue weighted by Crippen LogP contribution is -2.44. The van der Waals surface area contributed by atoms with Gasteiger partial charge in [-0.3, -0.25) is 4.79 Å². The fourth-order valence-corrected chi connectivity index (χ4v) is 3.11. The number of rotatable bonds is 4. The van der Waals surface area contributed by atoms with Crippen LogP contribution in [0.4, 0.5) is 4.79 Å². The summed E-state index contributed by atoms with van der Waals surface area (Å²) in [6, 6.07) is 1.39. The first-order valence-electron chi connectivity index (χ1n) is 8.97. The van der Waals surface area contributed by atoms with E-state index in [0.29, 0.717) is 31.7 Å². The molecule has 1 aliphatic rings. The van der Waals surface area contributed by atoms with Crippen molar-refractivity contribution in [3.8, 4) is 0 Å². The average Bonchev–Trinajstić information content (AvgIpc) is 3.25. The number of nitrogens with one attached hydrogen (secondary N) is 2. The molecule has 140 valence electrons. The molecule has 8 nitrogen and oxygen atoms in total. The molecule has 3 rings (SSSR count). The molecule has 1 fully saturated rings. The Bertz CT molecular complexity index is 740. The molecule has 2 aromatic heterocycles. The lowest BCUT2D eigenvalue weighted by atomic mass is 10.2. The monoisotopic (exact) mass is 359 g/mol. The summed E-state index contributed by atoms with van der Waals surface area (Å²) in [6.45, 7) is 6.20. The van der Waals surface area contributed by atoms with Crippen LogP contribution < -0.4 is 5.32 Å². The number of aromatic nitrogens is 2. The first-order valence-corrected chi connectivity index (χ1v) is 8.97. The molecule has 26 heavy (non-hydrogen) atoms. The van der Waals surface area contributed by atoms with Crippen LogP contribution in [0.1, 0.15) is 47.7 Å². The van der Waals surface area contributed by atoms with Crippen LogP contribution in [0.5, 0.6) is 0 Å². The van der Waals surface area contributed by atoms with Crippen molar-refractivity contribution in [3.05, 3.63) is 41.9 Å². The van der Waals surface area contributed by atoms with E-state index in [0.717, 1.165) is 24.4 Å². The third-order valence-corrected chi connectivity index (χ3v) is 4.60. The van der Waals surface area contributed by atoms with Crippen LogP contribution in [0, 0.1) is 6.92 Å². The van der Waals surface area contributed by atoms with Crippen LogP contribution in [-0.2, 0) is 0 Å². The van der Waals surface area contributed by atoms with Crippen LogP contribution >= 0.6 is 0 Å². The molecule has 0 radical (unpaired) electrons. The molecule has 2 N–H and O–H groups in total. The summed E-state index contributed by atoms with van der Waals surface area (Å²) >= 11 is 0. The minimum Gasteiger partial charge on any atom is -0.472 e. The summed E-state index contributed by atoms with van der Waals surface area (Å²) in [7, 11) is 0. The van der Waals surface area contributed by atoms with Crippen molar-refractivity contribution in [2.45, 2.75) is 32.7 Å². The molecule has 0 aliphatic carbocycles. The Hall–Kier alpha value is -2.77. The zero-order chi connectivity index (χ0) is 18.5. The van der Waals surface area contributed by atoms with E-state index >= 15 is 0 Å². The molecular weight excluding hydrogens is 334 g/mol. The summed E-state index contributed by atoms with van der Waals surface area (Å²) in [6.07, 6.45) is 6.20. The van der Waals surface area contributed by atoms with Gasteiger partial charge < -0.3 is 24.5 Å².